The van der Waals surface area contributed by atoms with Crippen molar-refractivity contribution < 1.29 is 4.39 Å². The number of likely N-dealkylation sites (tertiary alicyclic amines) is 1. The van der Waals surface area contributed by atoms with Gasteiger partial charge in [0.1, 0.15) is 6.67 Å². The van der Waals surface area contributed by atoms with Gasteiger partial charge in [-0.05, 0) is 54.5 Å². The van der Waals surface area contributed by atoms with Crippen molar-refractivity contribution in [1.29, 1.82) is 0 Å². The molecule has 0 unspecified atom stereocenters. The zero-order valence-electron chi connectivity index (χ0n) is 18.5. The second-order valence-corrected chi connectivity index (χ2v) is 8.93. The topological polar surface area (TPSA) is 8.17 Å². The molecule has 4 aromatic rings. The van der Waals surface area contributed by atoms with Crippen LogP contribution in [0.2, 0.25) is 0 Å². The van der Waals surface area contributed by atoms with E-state index in [9.17, 15) is 4.39 Å². The van der Waals surface area contributed by atoms with E-state index in [0.717, 1.165) is 50.0 Å². The molecular weight excluding hydrogens is 394 g/mol. The van der Waals surface area contributed by atoms with Crippen LogP contribution in [0.5, 0.6) is 0 Å². The van der Waals surface area contributed by atoms with Crippen molar-refractivity contribution in [2.24, 2.45) is 0 Å². The van der Waals surface area contributed by atoms with E-state index in [1.165, 1.54) is 16.6 Å². The van der Waals surface area contributed by atoms with E-state index < -0.39 is 6.67 Å². The molecule has 0 atom stereocenters. The van der Waals surface area contributed by atoms with Gasteiger partial charge in [0.05, 0.1) is 5.69 Å². The molecule has 1 aliphatic rings. The molecule has 2 heterocycles. The molecule has 0 spiro atoms. The van der Waals surface area contributed by atoms with Crippen molar-refractivity contribution in [2.45, 2.75) is 37.9 Å². The molecule has 0 aliphatic carbocycles. The van der Waals surface area contributed by atoms with Gasteiger partial charge in [-0.2, -0.15) is 0 Å². The van der Waals surface area contributed by atoms with Gasteiger partial charge in [-0.25, -0.2) is 4.39 Å². The maximum absolute atomic E-state index is 13.8. The van der Waals surface area contributed by atoms with Crippen LogP contribution in [0.3, 0.4) is 0 Å². The Morgan fingerprint density at radius 1 is 0.781 bits per heavy atom. The van der Waals surface area contributed by atoms with E-state index >= 15 is 0 Å². The second kappa shape index (κ2) is 9.70. The molecule has 0 radical (unpaired) electrons. The quantitative estimate of drug-likeness (QED) is 0.310. The third-order valence-corrected chi connectivity index (χ3v) is 7.02. The molecule has 0 amide bonds. The highest BCUT2D eigenvalue weighted by Crippen LogP contribution is 2.32. The first-order valence-electron chi connectivity index (χ1n) is 11.8. The maximum Gasteiger partial charge on any atom is 0.129 e. The Balaban J connectivity index is 1.26. The summed E-state index contributed by atoms with van der Waals surface area (Å²) in [5.74, 6) is 0.418. The number of rotatable bonds is 7. The lowest BCUT2D eigenvalue weighted by Gasteiger charge is -2.34. The highest BCUT2D eigenvalue weighted by atomic mass is 18.2. The molecule has 2 nitrogen and oxygen atoms in total. The lowest BCUT2D eigenvalue weighted by molar-refractivity contribution is 0.182. The van der Waals surface area contributed by atoms with Crippen LogP contribution in [0.15, 0.2) is 91.0 Å². The van der Waals surface area contributed by atoms with Gasteiger partial charge >= 0.3 is 0 Å². The smallest absolute Gasteiger partial charge is 0.129 e. The van der Waals surface area contributed by atoms with Gasteiger partial charge in [-0.3, -0.25) is 0 Å². The molecule has 3 heteroatoms. The van der Waals surface area contributed by atoms with Crippen molar-refractivity contribution in [3.8, 4) is 0 Å². The molecule has 1 aromatic heterocycles. The number of fused-ring (bicyclic) bond motifs is 1. The van der Waals surface area contributed by atoms with Crippen LogP contribution >= 0.6 is 0 Å². The number of aromatic nitrogens is 1. The Kier molecular flexibility index (Phi) is 6.36. The number of halogens is 1. The van der Waals surface area contributed by atoms with Crippen molar-refractivity contribution >= 4 is 10.9 Å². The molecule has 0 saturated carbocycles. The average molecular weight is 426 g/mol. The molecule has 5 rings (SSSR count). The van der Waals surface area contributed by atoms with Crippen LogP contribution in [0.1, 0.15) is 48.0 Å². The third kappa shape index (κ3) is 4.35. The number of para-hydroxylation sites is 1. The van der Waals surface area contributed by atoms with E-state index in [1.807, 2.05) is 12.1 Å². The van der Waals surface area contributed by atoms with Gasteiger partial charge in [-0.1, -0.05) is 78.9 Å². The summed E-state index contributed by atoms with van der Waals surface area (Å²) in [6.45, 7) is 2.83. The monoisotopic (exact) mass is 425 g/mol. The standard InChI is InChI=1S/C29H31FN2/c30-22-27-21-25-13-7-8-14-29(25)32(27)26-15-18-31(19-16-26)20-17-28(23-9-3-1-4-10-23)24-11-5-2-6-12-24/h1-14,21,26,28H,15-20,22H2/i30-1. The first-order valence-corrected chi connectivity index (χ1v) is 11.8. The van der Waals surface area contributed by atoms with Crippen molar-refractivity contribution in [3.05, 3.63) is 108 Å². The Bertz CT molecular complexity index is 1090. The minimum absolute atomic E-state index is 0.385. The van der Waals surface area contributed by atoms with E-state index in [0.29, 0.717) is 12.0 Å². The highest BCUT2D eigenvalue weighted by Gasteiger charge is 2.24. The fraction of sp³-hybridized carbons (Fsp3) is 0.310. The summed E-state index contributed by atoms with van der Waals surface area (Å²) < 4.78 is 16.0. The average Bonchev–Trinajstić information content (AvgIpc) is 3.25. The number of piperidine rings is 1. The normalized spacial score (nSPS) is 15.6. The first-order chi connectivity index (χ1) is 15.8. The summed E-state index contributed by atoms with van der Waals surface area (Å²) in [5.41, 5.74) is 4.77. The molecule has 0 N–H and O–H groups in total. The number of hydrogen-bond donors (Lipinski definition) is 0. The molecule has 1 aliphatic heterocycles. The fourth-order valence-electron chi connectivity index (χ4n) is 5.38. The first kappa shape index (κ1) is 21.0. The van der Waals surface area contributed by atoms with E-state index in [-0.39, 0.29) is 0 Å². The molecular formula is C29H31FN2. The summed E-state index contributed by atoms with van der Waals surface area (Å²) in [7, 11) is 0. The zero-order valence-corrected chi connectivity index (χ0v) is 18.5. The highest BCUT2D eigenvalue weighted by molar-refractivity contribution is 5.81. The lowest BCUT2D eigenvalue weighted by Crippen LogP contribution is -2.36. The zero-order chi connectivity index (χ0) is 21.8. The van der Waals surface area contributed by atoms with Crippen LogP contribution in [0.4, 0.5) is 4.39 Å². The minimum atomic E-state index is -0.398. The lowest BCUT2D eigenvalue weighted by atomic mass is 9.88. The maximum atomic E-state index is 13.8. The number of alkyl halides is 1. The van der Waals surface area contributed by atoms with Crippen LogP contribution in [0, 0.1) is 0 Å². The largest absolute Gasteiger partial charge is 0.339 e. The van der Waals surface area contributed by atoms with E-state index in [1.54, 1.807) is 0 Å². The second-order valence-electron chi connectivity index (χ2n) is 8.93. The van der Waals surface area contributed by atoms with Crippen LogP contribution in [0.25, 0.3) is 10.9 Å². The Hall–Kier alpha value is -2.91. The molecule has 32 heavy (non-hydrogen) atoms. The Morgan fingerprint density at radius 3 is 2.00 bits per heavy atom. The van der Waals surface area contributed by atoms with Gasteiger partial charge in [0.25, 0.3) is 0 Å². The molecule has 164 valence electrons. The SMILES string of the molecule is [18F]Cc1cc2ccccc2n1C1CCN(CCC(c2ccccc2)c2ccccc2)CC1. The van der Waals surface area contributed by atoms with E-state index in [4.69, 9.17) is 0 Å². The predicted octanol–water partition coefficient (Wildman–Crippen LogP) is 6.97. The predicted molar refractivity (Wildman–Crippen MR) is 131 cm³/mol. The number of nitrogens with zero attached hydrogens (tertiary/aromatic N) is 2. The third-order valence-electron chi connectivity index (χ3n) is 7.02. The van der Waals surface area contributed by atoms with Gasteiger partial charge in [0.15, 0.2) is 0 Å². The summed E-state index contributed by atoms with van der Waals surface area (Å²) in [6, 6.07) is 32.5. The minimum Gasteiger partial charge on any atom is -0.339 e. The van der Waals surface area contributed by atoms with Crippen LogP contribution < -0.4 is 0 Å². The number of hydrogen-bond acceptors (Lipinski definition) is 1. The van der Waals surface area contributed by atoms with Crippen molar-refractivity contribution in [2.75, 3.05) is 19.6 Å². The van der Waals surface area contributed by atoms with E-state index in [2.05, 4.69) is 88.3 Å². The van der Waals surface area contributed by atoms with Crippen molar-refractivity contribution in [1.82, 2.24) is 9.47 Å². The van der Waals surface area contributed by atoms with Crippen LogP contribution in [-0.2, 0) is 6.67 Å². The summed E-state index contributed by atoms with van der Waals surface area (Å²) in [5, 5.41) is 1.15. The van der Waals surface area contributed by atoms with Crippen molar-refractivity contribution in [3.63, 3.8) is 0 Å². The molecule has 1 fully saturated rings. The van der Waals surface area contributed by atoms with Gasteiger partial charge in [-0.15, -0.1) is 0 Å². The van der Waals surface area contributed by atoms with Gasteiger partial charge < -0.3 is 9.47 Å². The molecule has 0 bridgehead atoms. The Morgan fingerprint density at radius 2 is 1.38 bits per heavy atom. The summed E-state index contributed by atoms with van der Waals surface area (Å²) >= 11 is 0. The molecule has 1 saturated heterocycles. The fourth-order valence-corrected chi connectivity index (χ4v) is 5.38. The number of benzene rings is 3. The van der Waals surface area contributed by atoms with Crippen LogP contribution in [-0.4, -0.2) is 29.1 Å². The molecule has 3 aromatic carbocycles. The summed E-state index contributed by atoms with van der Waals surface area (Å²) in [4.78, 5) is 2.59. The Labute approximate surface area is 190 Å². The van der Waals surface area contributed by atoms with Gasteiger partial charge in [0.2, 0.25) is 0 Å². The summed E-state index contributed by atoms with van der Waals surface area (Å²) in [6.07, 6.45) is 3.26. The van der Waals surface area contributed by atoms with Gasteiger partial charge in [0, 0.05) is 30.6 Å².